The van der Waals surface area contributed by atoms with Crippen molar-refractivity contribution in [3.8, 4) is 0 Å². The Morgan fingerprint density at radius 1 is 1.00 bits per heavy atom. The zero-order chi connectivity index (χ0) is 20.4. The van der Waals surface area contributed by atoms with E-state index in [1.807, 2.05) is 24.8 Å². The Bertz CT molecular complexity index is 596. The average molecular weight is 390 g/mol. The van der Waals surface area contributed by atoms with Crippen LogP contribution in [0.5, 0.6) is 0 Å². The van der Waals surface area contributed by atoms with Crippen LogP contribution < -0.4 is 0 Å². The van der Waals surface area contributed by atoms with Gasteiger partial charge < -0.3 is 14.4 Å². The van der Waals surface area contributed by atoms with Gasteiger partial charge >= 0.3 is 0 Å². The second-order valence-corrected chi connectivity index (χ2v) is 7.83. The number of likely N-dealkylation sites (tertiary alicyclic amines) is 1. The maximum Gasteiger partial charge on any atom is 0.224 e. The molecule has 0 aliphatic carbocycles. The molecule has 1 aliphatic rings. The summed E-state index contributed by atoms with van der Waals surface area (Å²) in [6.07, 6.45) is 1.97. The van der Waals surface area contributed by atoms with E-state index in [1.54, 1.807) is 0 Å². The Kier molecular flexibility index (Phi) is 9.65. The standard InChI is InChI=1S/C23H35NO4/c1-4-21(19-8-6-5-7-9-19)20-16-24(17-20)23(26)11-13-28-15-14-27-12-10-22(25)18(2)3/h5-9,18,20-21H,4,10-17H2,1-3H3. The van der Waals surface area contributed by atoms with Crippen molar-refractivity contribution in [1.82, 2.24) is 4.90 Å². The van der Waals surface area contributed by atoms with Crippen molar-refractivity contribution >= 4 is 11.7 Å². The van der Waals surface area contributed by atoms with E-state index in [9.17, 15) is 9.59 Å². The number of ketones is 1. The zero-order valence-electron chi connectivity index (χ0n) is 17.6. The number of ether oxygens (including phenoxy) is 2. The summed E-state index contributed by atoms with van der Waals surface area (Å²) in [6, 6.07) is 10.6. The molecule has 28 heavy (non-hydrogen) atoms. The van der Waals surface area contributed by atoms with E-state index < -0.39 is 0 Å². The Morgan fingerprint density at radius 3 is 2.18 bits per heavy atom. The summed E-state index contributed by atoms with van der Waals surface area (Å²) in [4.78, 5) is 25.7. The summed E-state index contributed by atoms with van der Waals surface area (Å²) in [5.74, 6) is 1.53. The monoisotopic (exact) mass is 389 g/mol. The molecule has 1 aromatic carbocycles. The zero-order valence-corrected chi connectivity index (χ0v) is 17.6. The molecule has 5 heteroatoms. The third-order valence-electron chi connectivity index (χ3n) is 5.47. The van der Waals surface area contributed by atoms with E-state index in [2.05, 4.69) is 31.2 Å². The molecule has 156 valence electrons. The number of rotatable bonds is 13. The number of carbonyl (C=O) groups excluding carboxylic acids is 2. The van der Waals surface area contributed by atoms with Gasteiger partial charge in [0.1, 0.15) is 5.78 Å². The number of hydrogen-bond acceptors (Lipinski definition) is 4. The fraction of sp³-hybridized carbons (Fsp3) is 0.652. The van der Waals surface area contributed by atoms with E-state index in [-0.39, 0.29) is 17.6 Å². The first-order valence-corrected chi connectivity index (χ1v) is 10.5. The smallest absolute Gasteiger partial charge is 0.224 e. The lowest BCUT2D eigenvalue weighted by Crippen LogP contribution is -2.52. The summed E-state index contributed by atoms with van der Waals surface area (Å²) < 4.78 is 10.9. The number of hydrogen-bond donors (Lipinski definition) is 0. The molecular weight excluding hydrogens is 354 g/mol. The van der Waals surface area contributed by atoms with Crippen LogP contribution in [-0.2, 0) is 19.1 Å². The van der Waals surface area contributed by atoms with Gasteiger partial charge in [0.25, 0.3) is 0 Å². The highest BCUT2D eigenvalue weighted by molar-refractivity contribution is 5.80. The van der Waals surface area contributed by atoms with Crippen LogP contribution in [-0.4, -0.2) is 56.1 Å². The fourth-order valence-electron chi connectivity index (χ4n) is 3.61. The summed E-state index contributed by atoms with van der Waals surface area (Å²) in [7, 11) is 0. The molecule has 1 amide bonds. The quantitative estimate of drug-likeness (QED) is 0.483. The van der Waals surface area contributed by atoms with Gasteiger partial charge in [-0.3, -0.25) is 9.59 Å². The van der Waals surface area contributed by atoms with E-state index in [4.69, 9.17) is 9.47 Å². The molecule has 1 aromatic rings. The first-order valence-electron chi connectivity index (χ1n) is 10.5. The number of nitrogens with zero attached hydrogens (tertiary/aromatic N) is 1. The minimum atomic E-state index is 0.0623. The highest BCUT2D eigenvalue weighted by Crippen LogP contribution is 2.34. The number of carbonyl (C=O) groups is 2. The first-order chi connectivity index (χ1) is 13.5. The van der Waals surface area contributed by atoms with Crippen LogP contribution in [0.4, 0.5) is 0 Å². The maximum atomic E-state index is 12.3. The van der Waals surface area contributed by atoms with Crippen LogP contribution in [0.25, 0.3) is 0 Å². The van der Waals surface area contributed by atoms with Crippen molar-refractivity contribution < 1.29 is 19.1 Å². The highest BCUT2D eigenvalue weighted by atomic mass is 16.5. The van der Waals surface area contributed by atoms with Crippen molar-refractivity contribution in [3.63, 3.8) is 0 Å². The molecule has 0 saturated carbocycles. The molecule has 1 fully saturated rings. The van der Waals surface area contributed by atoms with Gasteiger partial charge in [-0.1, -0.05) is 51.1 Å². The highest BCUT2D eigenvalue weighted by Gasteiger charge is 2.35. The molecule has 5 nitrogen and oxygen atoms in total. The van der Waals surface area contributed by atoms with Gasteiger partial charge in [-0.25, -0.2) is 0 Å². The molecule has 2 rings (SSSR count). The van der Waals surface area contributed by atoms with E-state index in [1.165, 1.54) is 5.56 Å². The SMILES string of the molecule is CCC(c1ccccc1)C1CN(C(=O)CCOCCOCCC(=O)C(C)C)C1. The minimum Gasteiger partial charge on any atom is -0.379 e. The summed E-state index contributed by atoms with van der Waals surface area (Å²) in [5.41, 5.74) is 1.38. The Labute approximate surface area is 169 Å². The summed E-state index contributed by atoms with van der Waals surface area (Å²) in [5, 5.41) is 0. The minimum absolute atomic E-state index is 0.0623. The molecule has 1 atom stereocenters. The molecule has 0 N–H and O–H groups in total. The van der Waals surface area contributed by atoms with Crippen molar-refractivity contribution in [2.75, 3.05) is 39.5 Å². The number of benzene rings is 1. The third-order valence-corrected chi connectivity index (χ3v) is 5.47. The Morgan fingerprint density at radius 2 is 1.61 bits per heavy atom. The maximum absolute atomic E-state index is 12.3. The lowest BCUT2D eigenvalue weighted by Gasteiger charge is -2.43. The predicted octanol–water partition coefficient (Wildman–Crippen LogP) is 3.68. The molecule has 1 aliphatic heterocycles. The summed E-state index contributed by atoms with van der Waals surface area (Å²) in [6.45, 7) is 9.48. The third kappa shape index (κ3) is 7.02. The van der Waals surface area contributed by atoms with Crippen LogP contribution in [0.1, 0.15) is 51.5 Å². The molecule has 0 bridgehead atoms. The van der Waals surface area contributed by atoms with Crippen LogP contribution in [0, 0.1) is 11.8 Å². The predicted molar refractivity (Wildman–Crippen MR) is 110 cm³/mol. The lowest BCUT2D eigenvalue weighted by atomic mass is 9.79. The fourth-order valence-corrected chi connectivity index (χ4v) is 3.61. The average Bonchev–Trinajstić information content (AvgIpc) is 2.66. The number of Topliss-reactive ketones (excluding diaryl/α,β-unsaturated/α-hetero) is 1. The molecule has 1 heterocycles. The lowest BCUT2D eigenvalue weighted by molar-refractivity contribution is -0.139. The van der Waals surface area contributed by atoms with Crippen molar-refractivity contribution in [2.45, 2.75) is 46.0 Å². The molecule has 0 aromatic heterocycles. The van der Waals surface area contributed by atoms with Gasteiger partial charge in [0.05, 0.1) is 32.8 Å². The van der Waals surface area contributed by atoms with Crippen molar-refractivity contribution in [3.05, 3.63) is 35.9 Å². The second-order valence-electron chi connectivity index (χ2n) is 7.83. The van der Waals surface area contributed by atoms with Gasteiger partial charge in [0.2, 0.25) is 5.91 Å². The molecule has 1 unspecified atom stereocenters. The second kappa shape index (κ2) is 12.0. The summed E-state index contributed by atoms with van der Waals surface area (Å²) >= 11 is 0. The van der Waals surface area contributed by atoms with Crippen LogP contribution in [0.15, 0.2) is 30.3 Å². The Balaban J connectivity index is 1.52. The first kappa shape index (κ1) is 22.6. The van der Waals surface area contributed by atoms with E-state index >= 15 is 0 Å². The number of amides is 1. The van der Waals surface area contributed by atoms with Gasteiger partial charge in [-0.2, -0.15) is 0 Å². The van der Waals surface area contributed by atoms with Crippen molar-refractivity contribution in [2.24, 2.45) is 11.8 Å². The van der Waals surface area contributed by atoms with E-state index in [0.717, 1.165) is 19.5 Å². The van der Waals surface area contributed by atoms with Gasteiger partial charge in [-0.05, 0) is 17.9 Å². The van der Waals surface area contributed by atoms with Crippen LogP contribution in [0.3, 0.4) is 0 Å². The van der Waals surface area contributed by atoms with Crippen LogP contribution in [0.2, 0.25) is 0 Å². The molecule has 0 spiro atoms. The topological polar surface area (TPSA) is 55.8 Å². The molecule has 1 saturated heterocycles. The van der Waals surface area contributed by atoms with Gasteiger partial charge in [0, 0.05) is 31.3 Å². The normalized spacial score (nSPS) is 15.5. The van der Waals surface area contributed by atoms with Gasteiger partial charge in [-0.15, -0.1) is 0 Å². The molecular formula is C23H35NO4. The largest absolute Gasteiger partial charge is 0.379 e. The molecule has 0 radical (unpaired) electrons. The van der Waals surface area contributed by atoms with Crippen molar-refractivity contribution in [1.29, 1.82) is 0 Å². The van der Waals surface area contributed by atoms with E-state index in [0.29, 0.717) is 51.1 Å². The van der Waals surface area contributed by atoms with Gasteiger partial charge in [0.15, 0.2) is 0 Å². The Hall–Kier alpha value is -1.72. The van der Waals surface area contributed by atoms with Crippen LogP contribution >= 0.6 is 0 Å².